The largest absolute Gasteiger partial charge is 0.0842 e. The Kier molecular flexibility index (Phi) is 4.13. The van der Waals surface area contributed by atoms with Crippen molar-refractivity contribution in [2.75, 3.05) is 0 Å². The molecule has 0 heterocycles. The van der Waals surface area contributed by atoms with Crippen molar-refractivity contribution < 1.29 is 0 Å². The van der Waals surface area contributed by atoms with Crippen LogP contribution in [0.2, 0.25) is 0 Å². The van der Waals surface area contributed by atoms with Gasteiger partial charge in [0.1, 0.15) is 0 Å². The molecule has 12 heavy (non-hydrogen) atoms. The summed E-state index contributed by atoms with van der Waals surface area (Å²) < 4.78 is 0. The van der Waals surface area contributed by atoms with Crippen molar-refractivity contribution in [3.8, 4) is 0 Å². The molecule has 0 amide bonds. The van der Waals surface area contributed by atoms with Gasteiger partial charge in [-0.15, -0.1) is 0 Å². The molecule has 0 atom stereocenters. The molecule has 0 nitrogen and oxygen atoms in total. The van der Waals surface area contributed by atoms with E-state index in [1.54, 1.807) is 11.1 Å². The Labute approximate surface area is 76.4 Å². The fraction of sp³-hybridized carbons (Fsp3) is 0.667. The van der Waals surface area contributed by atoms with E-state index in [9.17, 15) is 0 Å². The first-order valence-corrected chi connectivity index (χ1v) is 5.19. The minimum atomic E-state index is 1.30. The average molecular weight is 164 g/mol. The number of hydrogen-bond acceptors (Lipinski definition) is 0. The van der Waals surface area contributed by atoms with E-state index in [2.05, 4.69) is 26.0 Å². The summed E-state index contributed by atoms with van der Waals surface area (Å²) in [6.07, 6.45) is 12.8. The van der Waals surface area contributed by atoms with Gasteiger partial charge in [0.05, 0.1) is 0 Å². The molecule has 0 aromatic heterocycles. The van der Waals surface area contributed by atoms with E-state index in [1.165, 1.54) is 38.5 Å². The third-order valence-electron chi connectivity index (χ3n) is 2.75. The standard InChI is InChI=1S/C12H20/c1-3-11-9-7-5-6-8-10-12(11)4-2/h3-4H,5-10H2,1-2H3. The van der Waals surface area contributed by atoms with Crippen LogP contribution in [-0.2, 0) is 0 Å². The molecule has 1 aliphatic carbocycles. The van der Waals surface area contributed by atoms with Crippen LogP contribution in [0, 0.1) is 0 Å². The highest BCUT2D eigenvalue weighted by molar-refractivity contribution is 5.30. The topological polar surface area (TPSA) is 0 Å². The SMILES string of the molecule is CC=C1CCCCCCC1=CC. The van der Waals surface area contributed by atoms with E-state index < -0.39 is 0 Å². The molecule has 1 saturated carbocycles. The summed E-state index contributed by atoms with van der Waals surface area (Å²) >= 11 is 0. The van der Waals surface area contributed by atoms with Crippen LogP contribution in [0.1, 0.15) is 52.4 Å². The molecule has 0 aromatic rings. The summed E-state index contributed by atoms with van der Waals surface area (Å²) in [7, 11) is 0. The Morgan fingerprint density at radius 2 is 1.17 bits per heavy atom. The van der Waals surface area contributed by atoms with Crippen LogP contribution >= 0.6 is 0 Å². The number of hydrogen-bond donors (Lipinski definition) is 0. The highest BCUT2D eigenvalue weighted by Gasteiger charge is 2.06. The lowest BCUT2D eigenvalue weighted by Gasteiger charge is -2.15. The van der Waals surface area contributed by atoms with Crippen molar-refractivity contribution in [2.45, 2.75) is 52.4 Å². The summed E-state index contributed by atoms with van der Waals surface area (Å²) in [6.45, 7) is 4.33. The van der Waals surface area contributed by atoms with Crippen molar-refractivity contribution in [2.24, 2.45) is 0 Å². The lowest BCUT2D eigenvalue weighted by atomic mass is 9.91. The minimum absolute atomic E-state index is 1.30. The van der Waals surface area contributed by atoms with Crippen LogP contribution in [0.3, 0.4) is 0 Å². The zero-order valence-electron chi connectivity index (χ0n) is 8.40. The smallest absolute Gasteiger partial charge is 0.0280 e. The van der Waals surface area contributed by atoms with Crippen molar-refractivity contribution in [1.82, 2.24) is 0 Å². The van der Waals surface area contributed by atoms with Crippen LogP contribution in [0.5, 0.6) is 0 Å². The highest BCUT2D eigenvalue weighted by atomic mass is 14.1. The van der Waals surface area contributed by atoms with Gasteiger partial charge in [0, 0.05) is 0 Å². The van der Waals surface area contributed by atoms with Gasteiger partial charge in [-0.3, -0.25) is 0 Å². The minimum Gasteiger partial charge on any atom is -0.0842 e. The van der Waals surface area contributed by atoms with Gasteiger partial charge in [-0.05, 0) is 50.7 Å². The zero-order chi connectivity index (χ0) is 8.81. The van der Waals surface area contributed by atoms with E-state index >= 15 is 0 Å². The van der Waals surface area contributed by atoms with E-state index in [0.29, 0.717) is 0 Å². The summed E-state index contributed by atoms with van der Waals surface area (Å²) in [6, 6.07) is 0. The van der Waals surface area contributed by atoms with E-state index in [0.717, 1.165) is 0 Å². The quantitative estimate of drug-likeness (QED) is 0.502. The van der Waals surface area contributed by atoms with Crippen molar-refractivity contribution in [3.05, 3.63) is 23.3 Å². The van der Waals surface area contributed by atoms with Gasteiger partial charge in [-0.1, -0.05) is 25.0 Å². The summed E-state index contributed by atoms with van der Waals surface area (Å²) in [4.78, 5) is 0. The molecule has 0 aliphatic heterocycles. The van der Waals surface area contributed by atoms with Crippen LogP contribution < -0.4 is 0 Å². The zero-order valence-corrected chi connectivity index (χ0v) is 8.40. The van der Waals surface area contributed by atoms with Crippen LogP contribution in [0.25, 0.3) is 0 Å². The molecule has 0 spiro atoms. The molecule has 0 N–H and O–H groups in total. The Morgan fingerprint density at radius 1 is 0.750 bits per heavy atom. The molecule has 0 heteroatoms. The van der Waals surface area contributed by atoms with Gasteiger partial charge in [-0.2, -0.15) is 0 Å². The van der Waals surface area contributed by atoms with Crippen molar-refractivity contribution >= 4 is 0 Å². The maximum absolute atomic E-state index is 2.29. The second kappa shape index (κ2) is 5.18. The first-order valence-electron chi connectivity index (χ1n) is 5.19. The molecule has 0 radical (unpaired) electrons. The van der Waals surface area contributed by atoms with Crippen molar-refractivity contribution in [3.63, 3.8) is 0 Å². The maximum Gasteiger partial charge on any atom is -0.0280 e. The molecule has 0 aromatic carbocycles. The molecular formula is C12H20. The highest BCUT2D eigenvalue weighted by Crippen LogP contribution is 2.26. The third kappa shape index (κ3) is 2.51. The number of allylic oxidation sites excluding steroid dienone is 4. The first kappa shape index (κ1) is 9.57. The monoisotopic (exact) mass is 164 g/mol. The fourth-order valence-electron chi connectivity index (χ4n) is 1.97. The van der Waals surface area contributed by atoms with Gasteiger partial charge in [0.25, 0.3) is 0 Å². The average Bonchev–Trinajstić information content (AvgIpc) is 2.05. The predicted molar refractivity (Wildman–Crippen MR) is 55.2 cm³/mol. The van der Waals surface area contributed by atoms with Crippen LogP contribution in [0.4, 0.5) is 0 Å². The van der Waals surface area contributed by atoms with Crippen molar-refractivity contribution in [1.29, 1.82) is 0 Å². The van der Waals surface area contributed by atoms with Gasteiger partial charge in [-0.25, -0.2) is 0 Å². The van der Waals surface area contributed by atoms with Gasteiger partial charge in [0.15, 0.2) is 0 Å². The lowest BCUT2D eigenvalue weighted by Crippen LogP contribution is -1.95. The van der Waals surface area contributed by atoms with Crippen LogP contribution in [-0.4, -0.2) is 0 Å². The van der Waals surface area contributed by atoms with E-state index in [-0.39, 0.29) is 0 Å². The molecule has 0 bridgehead atoms. The van der Waals surface area contributed by atoms with Gasteiger partial charge >= 0.3 is 0 Å². The van der Waals surface area contributed by atoms with E-state index in [1.807, 2.05) is 0 Å². The second-order valence-electron chi connectivity index (χ2n) is 3.54. The Bertz CT molecular complexity index is 162. The second-order valence-corrected chi connectivity index (χ2v) is 3.54. The van der Waals surface area contributed by atoms with Gasteiger partial charge < -0.3 is 0 Å². The lowest BCUT2D eigenvalue weighted by molar-refractivity contribution is 0.613. The molecule has 0 saturated heterocycles. The van der Waals surface area contributed by atoms with Crippen LogP contribution in [0.15, 0.2) is 23.3 Å². The normalized spacial score (nSPS) is 27.2. The Hall–Kier alpha value is -0.520. The van der Waals surface area contributed by atoms with Gasteiger partial charge in [0.2, 0.25) is 0 Å². The molecular weight excluding hydrogens is 144 g/mol. The Balaban J connectivity index is 2.65. The fourth-order valence-corrected chi connectivity index (χ4v) is 1.97. The molecule has 0 unspecified atom stereocenters. The Morgan fingerprint density at radius 3 is 1.50 bits per heavy atom. The third-order valence-corrected chi connectivity index (χ3v) is 2.75. The summed E-state index contributed by atoms with van der Waals surface area (Å²) in [5, 5.41) is 0. The molecule has 1 aliphatic rings. The maximum atomic E-state index is 2.29. The molecule has 68 valence electrons. The molecule has 1 fully saturated rings. The van der Waals surface area contributed by atoms with E-state index in [4.69, 9.17) is 0 Å². The first-order chi connectivity index (χ1) is 5.88. The summed E-state index contributed by atoms with van der Waals surface area (Å²) in [5.41, 5.74) is 3.19. The summed E-state index contributed by atoms with van der Waals surface area (Å²) in [5.74, 6) is 0. The number of rotatable bonds is 0. The molecule has 1 rings (SSSR count). The predicted octanol–water partition coefficient (Wildman–Crippen LogP) is 4.23.